The van der Waals surface area contributed by atoms with Crippen molar-refractivity contribution in [3.63, 3.8) is 0 Å². The Labute approximate surface area is 80.6 Å². The number of H-pyrrole nitrogens is 2. The molecule has 0 fully saturated rings. The third-order valence-electron chi connectivity index (χ3n) is 2.08. The zero-order valence-corrected chi connectivity index (χ0v) is 8.38. The lowest BCUT2D eigenvalue weighted by Crippen LogP contribution is -2.17. The molecule has 0 aliphatic heterocycles. The van der Waals surface area contributed by atoms with Crippen LogP contribution in [0.15, 0.2) is 11.1 Å². The van der Waals surface area contributed by atoms with Crippen LogP contribution in [0.5, 0.6) is 0 Å². The minimum absolute atomic E-state index is 0.156. The van der Waals surface area contributed by atoms with E-state index in [4.69, 9.17) is 0 Å². The molecule has 0 radical (unpaired) electrons. The number of aromatic nitrogens is 4. The first kappa shape index (κ1) is 8.93. The molecule has 2 aromatic rings. The molecule has 0 atom stereocenters. The molecule has 0 aliphatic carbocycles. The summed E-state index contributed by atoms with van der Waals surface area (Å²) in [4.78, 5) is 19.6. The van der Waals surface area contributed by atoms with E-state index in [-0.39, 0.29) is 11.0 Å². The molecule has 0 aliphatic rings. The lowest BCUT2D eigenvalue weighted by Gasteiger charge is -2.17. The van der Waals surface area contributed by atoms with E-state index in [1.54, 1.807) is 0 Å². The van der Waals surface area contributed by atoms with Gasteiger partial charge in [0, 0.05) is 5.41 Å². The smallest absolute Gasteiger partial charge is 0.275 e. The number of nitrogens with zero attached hydrogens (tertiary/aromatic N) is 2. The fraction of sp³-hybridized carbons (Fsp3) is 0.444. The highest BCUT2D eigenvalue weighted by Crippen LogP contribution is 2.23. The average Bonchev–Trinajstić information content (AvgIpc) is 2.46. The minimum Gasteiger partial charge on any atom is -0.281 e. The molecule has 0 saturated heterocycles. The van der Waals surface area contributed by atoms with Crippen LogP contribution < -0.4 is 5.56 Å². The Morgan fingerprint density at radius 2 is 1.93 bits per heavy atom. The fourth-order valence-corrected chi connectivity index (χ4v) is 1.44. The number of aromatic amines is 2. The first-order valence-corrected chi connectivity index (χ1v) is 4.42. The topological polar surface area (TPSA) is 74.4 Å². The molecular formula is C9H12N4O. The van der Waals surface area contributed by atoms with E-state index in [0.717, 1.165) is 5.69 Å². The second-order valence-electron chi connectivity index (χ2n) is 4.28. The fourth-order valence-electron chi connectivity index (χ4n) is 1.44. The van der Waals surface area contributed by atoms with Gasteiger partial charge in [0.25, 0.3) is 5.56 Å². The van der Waals surface area contributed by atoms with Gasteiger partial charge >= 0.3 is 0 Å². The van der Waals surface area contributed by atoms with Gasteiger partial charge in [-0.05, 0) is 0 Å². The number of nitrogens with one attached hydrogen (secondary N) is 2. The number of fused-ring (bicyclic) bond motifs is 1. The normalized spacial score (nSPS) is 12.2. The Balaban J connectivity index is 2.89. The predicted octanol–water partition coefficient (Wildman–Crippen LogP) is 0.944. The number of hydrogen-bond acceptors (Lipinski definition) is 3. The molecule has 5 nitrogen and oxygen atoms in total. The number of rotatable bonds is 0. The Morgan fingerprint density at radius 1 is 1.21 bits per heavy atom. The van der Waals surface area contributed by atoms with Crippen LogP contribution in [-0.4, -0.2) is 20.2 Å². The summed E-state index contributed by atoms with van der Waals surface area (Å²) >= 11 is 0. The van der Waals surface area contributed by atoms with Crippen LogP contribution in [0, 0.1) is 0 Å². The van der Waals surface area contributed by atoms with Gasteiger partial charge in [0.15, 0.2) is 5.65 Å². The quantitative estimate of drug-likeness (QED) is 0.652. The van der Waals surface area contributed by atoms with Crippen LogP contribution in [0.3, 0.4) is 0 Å². The van der Waals surface area contributed by atoms with Crippen LogP contribution >= 0.6 is 0 Å². The van der Waals surface area contributed by atoms with Crippen molar-refractivity contribution in [1.82, 2.24) is 20.2 Å². The standard InChI is InChI=1S/C9H12N4O/c1-9(2,3)6-5-7(11-4-10-6)12-13-8(5)14/h4H,1-3H3,(H2,10,11,12,13,14). The van der Waals surface area contributed by atoms with Gasteiger partial charge in [-0.15, -0.1) is 0 Å². The second kappa shape index (κ2) is 2.67. The van der Waals surface area contributed by atoms with Gasteiger partial charge in [0.1, 0.15) is 11.7 Å². The Bertz CT molecular complexity index is 517. The van der Waals surface area contributed by atoms with Gasteiger partial charge in [-0.25, -0.2) is 9.97 Å². The van der Waals surface area contributed by atoms with Crippen molar-refractivity contribution in [3.05, 3.63) is 22.4 Å². The van der Waals surface area contributed by atoms with Crippen molar-refractivity contribution in [3.8, 4) is 0 Å². The highest BCUT2D eigenvalue weighted by molar-refractivity contribution is 5.76. The maximum atomic E-state index is 11.5. The Hall–Kier alpha value is -1.65. The van der Waals surface area contributed by atoms with E-state index >= 15 is 0 Å². The maximum absolute atomic E-state index is 11.5. The van der Waals surface area contributed by atoms with Crippen LogP contribution in [0.1, 0.15) is 26.5 Å². The Kier molecular flexibility index (Phi) is 1.70. The van der Waals surface area contributed by atoms with E-state index in [1.165, 1.54) is 6.33 Å². The summed E-state index contributed by atoms with van der Waals surface area (Å²) in [5.74, 6) is 0. The molecule has 74 valence electrons. The van der Waals surface area contributed by atoms with E-state index < -0.39 is 0 Å². The molecule has 2 heterocycles. The van der Waals surface area contributed by atoms with Gasteiger partial charge in [-0.1, -0.05) is 20.8 Å². The first-order valence-electron chi connectivity index (χ1n) is 4.42. The molecule has 0 saturated carbocycles. The summed E-state index contributed by atoms with van der Waals surface area (Å²) in [7, 11) is 0. The molecule has 0 spiro atoms. The zero-order chi connectivity index (χ0) is 10.3. The van der Waals surface area contributed by atoms with Crippen LogP contribution in [0.25, 0.3) is 11.0 Å². The van der Waals surface area contributed by atoms with Gasteiger partial charge in [0.05, 0.1) is 5.69 Å². The van der Waals surface area contributed by atoms with Crippen molar-refractivity contribution in [1.29, 1.82) is 0 Å². The summed E-state index contributed by atoms with van der Waals surface area (Å²) in [6, 6.07) is 0. The van der Waals surface area contributed by atoms with Crippen molar-refractivity contribution < 1.29 is 0 Å². The van der Waals surface area contributed by atoms with Gasteiger partial charge in [-0.3, -0.25) is 15.0 Å². The van der Waals surface area contributed by atoms with E-state index in [0.29, 0.717) is 11.0 Å². The maximum Gasteiger partial charge on any atom is 0.275 e. The molecule has 2 rings (SSSR count). The second-order valence-corrected chi connectivity index (χ2v) is 4.28. The molecule has 2 aromatic heterocycles. The van der Waals surface area contributed by atoms with Crippen LogP contribution in [0.2, 0.25) is 0 Å². The predicted molar refractivity (Wildman–Crippen MR) is 53.2 cm³/mol. The summed E-state index contributed by atoms with van der Waals surface area (Å²) in [5.41, 5.74) is 1.02. The summed E-state index contributed by atoms with van der Waals surface area (Å²) in [6.45, 7) is 6.05. The summed E-state index contributed by atoms with van der Waals surface area (Å²) in [5, 5.41) is 5.77. The van der Waals surface area contributed by atoms with Crippen molar-refractivity contribution in [2.24, 2.45) is 0 Å². The Morgan fingerprint density at radius 3 is 2.57 bits per heavy atom. The van der Waals surface area contributed by atoms with E-state index in [2.05, 4.69) is 20.2 Å². The summed E-state index contributed by atoms with van der Waals surface area (Å²) < 4.78 is 0. The average molecular weight is 192 g/mol. The van der Waals surface area contributed by atoms with Crippen molar-refractivity contribution >= 4 is 11.0 Å². The first-order chi connectivity index (χ1) is 6.50. The summed E-state index contributed by atoms with van der Waals surface area (Å²) in [6.07, 6.45) is 1.46. The highest BCUT2D eigenvalue weighted by atomic mass is 16.1. The van der Waals surface area contributed by atoms with Gasteiger partial charge in [0.2, 0.25) is 0 Å². The van der Waals surface area contributed by atoms with Gasteiger partial charge < -0.3 is 0 Å². The molecular weight excluding hydrogens is 180 g/mol. The molecule has 5 heteroatoms. The number of hydrogen-bond donors (Lipinski definition) is 2. The third-order valence-corrected chi connectivity index (χ3v) is 2.08. The molecule has 2 N–H and O–H groups in total. The third kappa shape index (κ3) is 1.21. The van der Waals surface area contributed by atoms with E-state index in [9.17, 15) is 4.79 Å². The largest absolute Gasteiger partial charge is 0.281 e. The van der Waals surface area contributed by atoms with Crippen LogP contribution in [-0.2, 0) is 5.41 Å². The molecule has 0 amide bonds. The van der Waals surface area contributed by atoms with Gasteiger partial charge in [-0.2, -0.15) is 0 Å². The molecule has 0 bridgehead atoms. The SMILES string of the molecule is CC(C)(C)c1ncnc2[nH][nH]c(=O)c12. The van der Waals surface area contributed by atoms with E-state index in [1.807, 2.05) is 20.8 Å². The van der Waals surface area contributed by atoms with Crippen LogP contribution in [0.4, 0.5) is 0 Å². The monoisotopic (exact) mass is 192 g/mol. The molecule has 0 unspecified atom stereocenters. The van der Waals surface area contributed by atoms with Crippen molar-refractivity contribution in [2.75, 3.05) is 0 Å². The minimum atomic E-state index is -0.162. The lowest BCUT2D eigenvalue weighted by molar-refractivity contribution is 0.574. The zero-order valence-electron chi connectivity index (χ0n) is 8.38. The van der Waals surface area contributed by atoms with Crippen molar-refractivity contribution in [2.45, 2.75) is 26.2 Å². The molecule has 14 heavy (non-hydrogen) atoms. The lowest BCUT2D eigenvalue weighted by atomic mass is 9.90. The highest BCUT2D eigenvalue weighted by Gasteiger charge is 2.21. The molecule has 0 aromatic carbocycles.